The summed E-state index contributed by atoms with van der Waals surface area (Å²) in [4.78, 5) is 16.2. The van der Waals surface area contributed by atoms with E-state index in [1.54, 1.807) is 0 Å². The molecule has 2 rings (SSSR count). The second-order valence-corrected chi connectivity index (χ2v) is 5.01. The molecule has 19 heavy (non-hydrogen) atoms. The van der Waals surface area contributed by atoms with Crippen LogP contribution in [-0.2, 0) is 11.3 Å². The highest BCUT2D eigenvalue weighted by Crippen LogP contribution is 2.21. The minimum absolute atomic E-state index is 0.320. The van der Waals surface area contributed by atoms with E-state index in [1.165, 1.54) is 24.8 Å². The smallest absolute Gasteiger partial charge is 0.358 e. The highest BCUT2D eigenvalue weighted by atomic mass is 16.5. The third-order valence-electron chi connectivity index (χ3n) is 3.63. The standard InChI is InChI=1S/C15H22N2O2/c1-4-19-15(18)14-11(2)17(12(3)16-14)10-13-8-6-5-7-9-13/h8H,4-7,9-10H2,1-3H3. The van der Waals surface area contributed by atoms with Gasteiger partial charge in [0, 0.05) is 12.2 Å². The highest BCUT2D eigenvalue weighted by molar-refractivity contribution is 5.88. The fraction of sp³-hybridized carbons (Fsp3) is 0.600. The highest BCUT2D eigenvalue weighted by Gasteiger charge is 2.19. The number of imidazole rings is 1. The Kier molecular flexibility index (Phi) is 4.40. The number of nitrogens with zero attached hydrogens (tertiary/aromatic N) is 2. The lowest BCUT2D eigenvalue weighted by Crippen LogP contribution is -2.10. The van der Waals surface area contributed by atoms with Crippen LogP contribution in [0.1, 0.15) is 54.6 Å². The summed E-state index contributed by atoms with van der Waals surface area (Å²) in [7, 11) is 0. The third kappa shape index (κ3) is 3.06. The number of esters is 1. The van der Waals surface area contributed by atoms with E-state index in [1.807, 2.05) is 20.8 Å². The van der Waals surface area contributed by atoms with Crippen molar-refractivity contribution in [3.63, 3.8) is 0 Å². The van der Waals surface area contributed by atoms with Gasteiger partial charge in [-0.1, -0.05) is 11.6 Å². The van der Waals surface area contributed by atoms with Gasteiger partial charge < -0.3 is 9.30 Å². The van der Waals surface area contributed by atoms with Crippen LogP contribution in [0.4, 0.5) is 0 Å². The van der Waals surface area contributed by atoms with Crippen molar-refractivity contribution in [2.75, 3.05) is 6.61 Å². The Morgan fingerprint density at radius 3 is 2.84 bits per heavy atom. The number of aryl methyl sites for hydroxylation is 1. The van der Waals surface area contributed by atoms with Gasteiger partial charge in [0.1, 0.15) is 5.82 Å². The average molecular weight is 262 g/mol. The first-order valence-electron chi connectivity index (χ1n) is 7.02. The van der Waals surface area contributed by atoms with Crippen LogP contribution in [0.25, 0.3) is 0 Å². The molecule has 0 N–H and O–H groups in total. The summed E-state index contributed by atoms with van der Waals surface area (Å²) in [6, 6.07) is 0. The molecule has 4 nitrogen and oxygen atoms in total. The maximum atomic E-state index is 11.8. The molecular weight excluding hydrogens is 240 g/mol. The minimum Gasteiger partial charge on any atom is -0.461 e. The number of hydrogen-bond donors (Lipinski definition) is 0. The maximum Gasteiger partial charge on any atom is 0.358 e. The summed E-state index contributed by atoms with van der Waals surface area (Å²) in [6.07, 6.45) is 7.22. The summed E-state index contributed by atoms with van der Waals surface area (Å²) in [5, 5.41) is 0. The number of carbonyl (C=O) groups is 1. The minimum atomic E-state index is -0.320. The molecule has 0 aromatic carbocycles. The zero-order valence-electron chi connectivity index (χ0n) is 12.0. The second-order valence-electron chi connectivity index (χ2n) is 5.01. The molecule has 0 amide bonds. The van der Waals surface area contributed by atoms with Gasteiger partial charge in [0.25, 0.3) is 0 Å². The Labute approximate surface area is 114 Å². The lowest BCUT2D eigenvalue weighted by atomic mass is 9.99. The fourth-order valence-electron chi connectivity index (χ4n) is 2.55. The van der Waals surface area contributed by atoms with Gasteiger partial charge in [0.15, 0.2) is 5.69 Å². The fourth-order valence-corrected chi connectivity index (χ4v) is 2.55. The van der Waals surface area contributed by atoms with E-state index >= 15 is 0 Å². The van der Waals surface area contributed by atoms with Gasteiger partial charge >= 0.3 is 5.97 Å². The van der Waals surface area contributed by atoms with E-state index in [0.717, 1.165) is 24.5 Å². The summed E-state index contributed by atoms with van der Waals surface area (Å²) in [5.74, 6) is 0.562. The Balaban J connectivity index is 2.21. The van der Waals surface area contributed by atoms with Crippen molar-refractivity contribution in [3.8, 4) is 0 Å². The number of allylic oxidation sites excluding steroid dienone is 2. The molecule has 104 valence electrons. The van der Waals surface area contributed by atoms with Crippen LogP contribution >= 0.6 is 0 Å². The van der Waals surface area contributed by atoms with Gasteiger partial charge in [0.2, 0.25) is 0 Å². The first kappa shape index (κ1) is 13.8. The molecule has 0 bridgehead atoms. The summed E-state index contributed by atoms with van der Waals surface area (Å²) >= 11 is 0. The van der Waals surface area contributed by atoms with Gasteiger partial charge in [-0.3, -0.25) is 0 Å². The number of ether oxygens (including phenoxy) is 1. The molecule has 4 heteroatoms. The molecule has 0 saturated heterocycles. The molecular formula is C15H22N2O2. The number of hydrogen-bond acceptors (Lipinski definition) is 3. The molecule has 1 aromatic rings. The molecule has 0 atom stereocenters. The zero-order chi connectivity index (χ0) is 13.8. The van der Waals surface area contributed by atoms with Crippen LogP contribution < -0.4 is 0 Å². The molecule has 0 spiro atoms. The largest absolute Gasteiger partial charge is 0.461 e. The lowest BCUT2D eigenvalue weighted by Gasteiger charge is -2.15. The van der Waals surface area contributed by atoms with Crippen LogP contribution in [0, 0.1) is 13.8 Å². The van der Waals surface area contributed by atoms with E-state index in [-0.39, 0.29) is 5.97 Å². The maximum absolute atomic E-state index is 11.8. The molecule has 0 radical (unpaired) electrons. The normalized spacial score (nSPS) is 15.2. The first-order valence-corrected chi connectivity index (χ1v) is 7.02. The van der Waals surface area contributed by atoms with Crippen molar-refractivity contribution in [1.82, 2.24) is 9.55 Å². The van der Waals surface area contributed by atoms with Crippen molar-refractivity contribution in [2.45, 2.75) is 53.0 Å². The van der Waals surface area contributed by atoms with Gasteiger partial charge in [-0.2, -0.15) is 0 Å². The summed E-state index contributed by atoms with van der Waals surface area (Å²) in [6.45, 7) is 6.93. The molecule has 1 aliphatic carbocycles. The molecule has 1 aliphatic rings. The molecule has 0 fully saturated rings. The van der Waals surface area contributed by atoms with Crippen LogP contribution in [0.15, 0.2) is 11.6 Å². The predicted octanol–water partition coefficient (Wildman–Crippen LogP) is 3.18. The van der Waals surface area contributed by atoms with E-state index in [2.05, 4.69) is 15.6 Å². The van der Waals surface area contributed by atoms with Crippen molar-refractivity contribution in [1.29, 1.82) is 0 Å². The average Bonchev–Trinajstić information content (AvgIpc) is 2.68. The predicted molar refractivity (Wildman–Crippen MR) is 74.2 cm³/mol. The second kappa shape index (κ2) is 6.04. The topological polar surface area (TPSA) is 44.1 Å². The van der Waals surface area contributed by atoms with Crippen LogP contribution in [0.3, 0.4) is 0 Å². The van der Waals surface area contributed by atoms with Gasteiger partial charge in [-0.15, -0.1) is 0 Å². The van der Waals surface area contributed by atoms with E-state index in [4.69, 9.17) is 4.74 Å². The monoisotopic (exact) mass is 262 g/mol. The van der Waals surface area contributed by atoms with E-state index in [9.17, 15) is 4.79 Å². The molecule has 1 heterocycles. The quantitative estimate of drug-likeness (QED) is 0.618. The van der Waals surface area contributed by atoms with Gasteiger partial charge in [0.05, 0.1) is 6.61 Å². The van der Waals surface area contributed by atoms with Crippen LogP contribution in [-0.4, -0.2) is 22.1 Å². The SMILES string of the molecule is CCOC(=O)c1nc(C)n(CC2=CCCCC2)c1C. The zero-order valence-corrected chi connectivity index (χ0v) is 12.0. The van der Waals surface area contributed by atoms with Crippen molar-refractivity contribution < 1.29 is 9.53 Å². The number of carbonyl (C=O) groups excluding carboxylic acids is 1. The van der Waals surface area contributed by atoms with Crippen LogP contribution in [0.2, 0.25) is 0 Å². The van der Waals surface area contributed by atoms with E-state index < -0.39 is 0 Å². The van der Waals surface area contributed by atoms with E-state index in [0.29, 0.717) is 12.3 Å². The molecule has 0 unspecified atom stereocenters. The Bertz CT molecular complexity index is 500. The Morgan fingerprint density at radius 1 is 1.42 bits per heavy atom. The Hall–Kier alpha value is -1.58. The molecule has 0 aliphatic heterocycles. The van der Waals surface area contributed by atoms with Crippen molar-refractivity contribution in [3.05, 3.63) is 28.9 Å². The van der Waals surface area contributed by atoms with Gasteiger partial charge in [-0.05, 0) is 46.5 Å². The Morgan fingerprint density at radius 2 is 2.21 bits per heavy atom. The number of aromatic nitrogens is 2. The lowest BCUT2D eigenvalue weighted by molar-refractivity contribution is 0.0519. The molecule has 0 saturated carbocycles. The van der Waals surface area contributed by atoms with Gasteiger partial charge in [-0.25, -0.2) is 9.78 Å². The third-order valence-corrected chi connectivity index (χ3v) is 3.63. The van der Waals surface area contributed by atoms with Crippen molar-refractivity contribution >= 4 is 5.97 Å². The summed E-state index contributed by atoms with van der Waals surface area (Å²) < 4.78 is 7.15. The summed E-state index contributed by atoms with van der Waals surface area (Å²) in [5.41, 5.74) is 2.81. The van der Waals surface area contributed by atoms with Crippen molar-refractivity contribution in [2.24, 2.45) is 0 Å². The number of rotatable bonds is 4. The molecule has 1 aromatic heterocycles. The van der Waals surface area contributed by atoms with Crippen LogP contribution in [0.5, 0.6) is 0 Å². The first-order chi connectivity index (χ1) is 9.13.